The van der Waals surface area contributed by atoms with Crippen molar-refractivity contribution >= 4 is 6.09 Å². The Labute approximate surface area is 79.2 Å². The Balaban J connectivity index is 0.000000396. The molecular weight excluding hydrogens is 168 g/mol. The molecule has 2 saturated heterocycles. The van der Waals surface area contributed by atoms with E-state index >= 15 is 0 Å². The molecule has 0 spiro atoms. The third-order valence-electron chi connectivity index (χ3n) is 2.35. The van der Waals surface area contributed by atoms with E-state index < -0.39 is 0 Å². The molecule has 2 rings (SSSR count). The summed E-state index contributed by atoms with van der Waals surface area (Å²) in [5.74, 6) is 0. The van der Waals surface area contributed by atoms with Crippen LogP contribution in [0.25, 0.3) is 0 Å². The van der Waals surface area contributed by atoms with Crippen LogP contribution in [-0.4, -0.2) is 42.8 Å². The highest BCUT2D eigenvalue weighted by molar-refractivity contribution is 5.70. The second-order valence-electron chi connectivity index (χ2n) is 3.05. The summed E-state index contributed by atoms with van der Waals surface area (Å²) in [6.07, 6.45) is -0.0979. The average Bonchev–Trinajstić information content (AvgIpc) is 2.47. The third-order valence-corrected chi connectivity index (χ3v) is 2.35. The second-order valence-corrected chi connectivity index (χ2v) is 3.05. The number of hydrogen-bond acceptors (Lipinski definition) is 3. The highest BCUT2D eigenvalue weighted by Gasteiger charge is 2.39. The number of carbonyl (C=O) groups excluding carboxylic acids is 1. The molecule has 1 amide bonds. The molecule has 4 heteroatoms. The van der Waals surface area contributed by atoms with Gasteiger partial charge in [-0.1, -0.05) is 13.8 Å². The molecule has 0 saturated carbocycles. The molecule has 0 aliphatic carbocycles. The highest BCUT2D eigenvalue weighted by atomic mass is 16.6. The van der Waals surface area contributed by atoms with Crippen molar-refractivity contribution in [3.05, 3.63) is 0 Å². The molecular formula is C9H18N2O2. The number of carbonyl (C=O) groups is 1. The van der Waals surface area contributed by atoms with E-state index in [1.54, 1.807) is 4.90 Å². The van der Waals surface area contributed by atoms with Gasteiger partial charge < -0.3 is 10.1 Å². The van der Waals surface area contributed by atoms with E-state index in [4.69, 9.17) is 4.74 Å². The lowest BCUT2D eigenvalue weighted by molar-refractivity contribution is 0.138. The normalized spacial score (nSPS) is 31.6. The number of cyclic esters (lactones) is 1. The van der Waals surface area contributed by atoms with Gasteiger partial charge in [-0.25, -0.2) is 4.79 Å². The van der Waals surface area contributed by atoms with Crippen molar-refractivity contribution in [2.75, 3.05) is 19.6 Å². The van der Waals surface area contributed by atoms with Crippen LogP contribution in [-0.2, 0) is 4.74 Å². The summed E-state index contributed by atoms with van der Waals surface area (Å²) in [6.45, 7) is 8.48. The van der Waals surface area contributed by atoms with E-state index in [9.17, 15) is 4.79 Å². The minimum atomic E-state index is -0.149. The summed E-state index contributed by atoms with van der Waals surface area (Å²) in [5, 5.41) is 3.23. The van der Waals surface area contributed by atoms with Crippen molar-refractivity contribution in [3.8, 4) is 0 Å². The van der Waals surface area contributed by atoms with Crippen LogP contribution in [0, 0.1) is 0 Å². The lowest BCUT2D eigenvalue weighted by atomic mass is 10.1. The zero-order chi connectivity index (χ0) is 9.84. The van der Waals surface area contributed by atoms with E-state index in [0.717, 1.165) is 19.6 Å². The molecule has 1 N–H and O–H groups in total. The Bertz CT molecular complexity index is 184. The zero-order valence-corrected chi connectivity index (χ0v) is 8.54. The molecule has 1 unspecified atom stereocenters. The SMILES string of the molecule is CC.CC1OC(=O)N2CCNC[C@@H]12. The Hall–Kier alpha value is -0.770. The first-order valence-electron chi connectivity index (χ1n) is 4.97. The van der Waals surface area contributed by atoms with Crippen molar-refractivity contribution in [3.63, 3.8) is 0 Å². The maximum absolute atomic E-state index is 11.1. The molecule has 0 bridgehead atoms. The molecule has 2 fully saturated rings. The lowest BCUT2D eigenvalue weighted by Crippen LogP contribution is -2.51. The van der Waals surface area contributed by atoms with Gasteiger partial charge >= 0.3 is 6.09 Å². The predicted octanol–water partition coefficient (Wildman–Crippen LogP) is 0.825. The van der Waals surface area contributed by atoms with Crippen LogP contribution >= 0.6 is 0 Å². The molecule has 2 heterocycles. The van der Waals surface area contributed by atoms with Crippen LogP contribution in [0.4, 0.5) is 4.79 Å². The number of hydrogen-bond donors (Lipinski definition) is 1. The number of fused-ring (bicyclic) bond motifs is 1. The van der Waals surface area contributed by atoms with Crippen molar-refractivity contribution in [2.45, 2.75) is 32.9 Å². The summed E-state index contributed by atoms with van der Waals surface area (Å²) < 4.78 is 5.06. The van der Waals surface area contributed by atoms with Gasteiger partial charge in [0.15, 0.2) is 0 Å². The minimum Gasteiger partial charge on any atom is -0.444 e. The summed E-state index contributed by atoms with van der Waals surface area (Å²) in [4.78, 5) is 12.9. The van der Waals surface area contributed by atoms with Crippen LogP contribution < -0.4 is 5.32 Å². The Morgan fingerprint density at radius 1 is 1.54 bits per heavy atom. The summed E-state index contributed by atoms with van der Waals surface area (Å²) in [7, 11) is 0. The van der Waals surface area contributed by atoms with Gasteiger partial charge in [-0.05, 0) is 6.92 Å². The highest BCUT2D eigenvalue weighted by Crippen LogP contribution is 2.19. The molecule has 2 atom stereocenters. The fourth-order valence-corrected chi connectivity index (χ4v) is 1.68. The standard InChI is InChI=1S/C7H12N2O2.C2H6/c1-5-6-4-8-2-3-9(6)7(10)11-5;1-2/h5-6,8H,2-4H2,1H3;1-2H3/t5?,6-;/m0./s1. The number of amides is 1. The van der Waals surface area contributed by atoms with Crippen LogP contribution in [0.1, 0.15) is 20.8 Å². The van der Waals surface area contributed by atoms with Gasteiger partial charge in [-0.15, -0.1) is 0 Å². The van der Waals surface area contributed by atoms with Gasteiger partial charge in [0.25, 0.3) is 0 Å². The van der Waals surface area contributed by atoms with Gasteiger partial charge in [0.05, 0.1) is 6.04 Å². The number of rotatable bonds is 0. The molecule has 0 aromatic rings. The largest absolute Gasteiger partial charge is 0.444 e. The van der Waals surface area contributed by atoms with E-state index in [1.165, 1.54) is 0 Å². The van der Waals surface area contributed by atoms with Crippen molar-refractivity contribution in [1.29, 1.82) is 0 Å². The van der Waals surface area contributed by atoms with Crippen LogP contribution in [0.2, 0.25) is 0 Å². The zero-order valence-electron chi connectivity index (χ0n) is 8.54. The first-order chi connectivity index (χ1) is 6.29. The first kappa shape index (κ1) is 10.3. The van der Waals surface area contributed by atoms with Crippen molar-refractivity contribution in [2.24, 2.45) is 0 Å². The smallest absolute Gasteiger partial charge is 0.410 e. The third kappa shape index (κ3) is 1.94. The Morgan fingerprint density at radius 2 is 2.23 bits per heavy atom. The lowest BCUT2D eigenvalue weighted by Gasteiger charge is -2.28. The Kier molecular flexibility index (Phi) is 3.54. The monoisotopic (exact) mass is 186 g/mol. The van der Waals surface area contributed by atoms with Gasteiger partial charge in [-0.2, -0.15) is 0 Å². The van der Waals surface area contributed by atoms with Gasteiger partial charge in [0, 0.05) is 19.6 Å². The van der Waals surface area contributed by atoms with Gasteiger partial charge in [0.1, 0.15) is 6.10 Å². The molecule has 0 aromatic carbocycles. The maximum atomic E-state index is 11.1. The van der Waals surface area contributed by atoms with E-state index in [-0.39, 0.29) is 18.2 Å². The molecule has 76 valence electrons. The Morgan fingerprint density at radius 3 is 2.85 bits per heavy atom. The number of nitrogens with zero attached hydrogens (tertiary/aromatic N) is 1. The topological polar surface area (TPSA) is 41.6 Å². The number of nitrogens with one attached hydrogen (secondary N) is 1. The number of ether oxygens (including phenoxy) is 1. The average molecular weight is 186 g/mol. The molecule has 2 aliphatic heterocycles. The van der Waals surface area contributed by atoms with Crippen LogP contribution in [0.15, 0.2) is 0 Å². The van der Waals surface area contributed by atoms with Crippen LogP contribution in [0.3, 0.4) is 0 Å². The molecule has 4 nitrogen and oxygen atoms in total. The first-order valence-corrected chi connectivity index (χ1v) is 4.97. The maximum Gasteiger partial charge on any atom is 0.410 e. The van der Waals surface area contributed by atoms with Crippen LogP contribution in [0.5, 0.6) is 0 Å². The molecule has 2 aliphatic rings. The minimum absolute atomic E-state index is 0.0512. The van der Waals surface area contributed by atoms with E-state index in [1.807, 2.05) is 20.8 Å². The second kappa shape index (κ2) is 4.46. The molecule has 13 heavy (non-hydrogen) atoms. The van der Waals surface area contributed by atoms with E-state index in [0.29, 0.717) is 0 Å². The van der Waals surface area contributed by atoms with Gasteiger partial charge in [0.2, 0.25) is 0 Å². The van der Waals surface area contributed by atoms with E-state index in [2.05, 4.69) is 5.32 Å². The summed E-state index contributed by atoms with van der Waals surface area (Å²) in [5.41, 5.74) is 0. The quantitative estimate of drug-likeness (QED) is 0.609. The summed E-state index contributed by atoms with van der Waals surface area (Å²) in [6, 6.07) is 0.260. The number of piperazine rings is 1. The van der Waals surface area contributed by atoms with Crippen molar-refractivity contribution < 1.29 is 9.53 Å². The predicted molar refractivity (Wildman–Crippen MR) is 50.7 cm³/mol. The van der Waals surface area contributed by atoms with Gasteiger partial charge in [-0.3, -0.25) is 4.90 Å². The van der Waals surface area contributed by atoms with Crippen molar-refractivity contribution in [1.82, 2.24) is 10.2 Å². The molecule has 0 aromatic heterocycles. The fraction of sp³-hybridized carbons (Fsp3) is 0.889. The molecule has 0 radical (unpaired) electrons. The fourth-order valence-electron chi connectivity index (χ4n) is 1.68. The summed E-state index contributed by atoms with van der Waals surface area (Å²) >= 11 is 0.